The van der Waals surface area contributed by atoms with Crippen molar-refractivity contribution in [3.63, 3.8) is 0 Å². The molecule has 1 fully saturated rings. The van der Waals surface area contributed by atoms with E-state index in [1.165, 1.54) is 43.4 Å². The lowest BCUT2D eigenvalue weighted by atomic mass is 9.76. The number of aliphatic hydroxyl groups is 1. The fourth-order valence-electron chi connectivity index (χ4n) is 3.69. The molecule has 2 aromatic rings. The molecule has 8 heteroatoms. The maximum Gasteiger partial charge on any atom is 0.437 e. The van der Waals surface area contributed by atoms with Gasteiger partial charge in [0.1, 0.15) is 5.92 Å². The zero-order valence-corrected chi connectivity index (χ0v) is 15.2. The Kier molecular flexibility index (Phi) is 4.93. The highest BCUT2D eigenvalue weighted by Gasteiger charge is 2.70. The van der Waals surface area contributed by atoms with Gasteiger partial charge in [-0.05, 0) is 5.56 Å². The molecule has 0 aromatic heterocycles. The standard InChI is InChI=1S/C20H19F3N2O3/c1-24-16(13-9-5-3-6-10-13)15(17(26)14-11-7-4-8-12-14)19(28,20(21,22)23)25(2)18(24)27/h3-12,15-16,28H,1-2H3/t15-,16+,19+/m1/s1. The summed E-state index contributed by atoms with van der Waals surface area (Å²) < 4.78 is 42.2. The van der Waals surface area contributed by atoms with Gasteiger partial charge in [-0.15, -0.1) is 0 Å². The third kappa shape index (κ3) is 2.93. The number of amides is 2. The molecule has 0 saturated carbocycles. The van der Waals surface area contributed by atoms with Gasteiger partial charge in [0.05, 0.1) is 6.04 Å². The number of rotatable bonds is 3. The van der Waals surface area contributed by atoms with Gasteiger partial charge in [-0.1, -0.05) is 60.7 Å². The lowest BCUT2D eigenvalue weighted by Crippen LogP contribution is -2.73. The predicted molar refractivity (Wildman–Crippen MR) is 95.4 cm³/mol. The molecule has 0 radical (unpaired) electrons. The first-order chi connectivity index (χ1) is 13.1. The topological polar surface area (TPSA) is 60.9 Å². The normalized spacial score (nSPS) is 25.7. The summed E-state index contributed by atoms with van der Waals surface area (Å²) >= 11 is 0. The number of hydrogen-bond donors (Lipinski definition) is 1. The lowest BCUT2D eigenvalue weighted by molar-refractivity contribution is -0.328. The zero-order valence-electron chi connectivity index (χ0n) is 15.2. The van der Waals surface area contributed by atoms with Crippen molar-refractivity contribution < 1.29 is 27.9 Å². The van der Waals surface area contributed by atoms with Crippen LogP contribution >= 0.6 is 0 Å². The summed E-state index contributed by atoms with van der Waals surface area (Å²) in [5.74, 6) is -2.88. The van der Waals surface area contributed by atoms with Crippen molar-refractivity contribution in [3.8, 4) is 0 Å². The van der Waals surface area contributed by atoms with E-state index in [1.54, 1.807) is 24.3 Å². The summed E-state index contributed by atoms with van der Waals surface area (Å²) in [6.45, 7) is 0. The van der Waals surface area contributed by atoms with Crippen molar-refractivity contribution in [1.82, 2.24) is 9.80 Å². The highest BCUT2D eigenvalue weighted by atomic mass is 19.4. The maximum absolute atomic E-state index is 14.1. The number of alkyl halides is 3. The lowest BCUT2D eigenvalue weighted by Gasteiger charge is -2.53. The Morgan fingerprint density at radius 2 is 1.50 bits per heavy atom. The fourth-order valence-corrected chi connectivity index (χ4v) is 3.69. The van der Waals surface area contributed by atoms with Crippen LogP contribution in [0.5, 0.6) is 0 Å². The second kappa shape index (κ2) is 6.94. The predicted octanol–water partition coefficient (Wildman–Crippen LogP) is 3.47. The highest BCUT2D eigenvalue weighted by Crippen LogP contribution is 2.50. The minimum absolute atomic E-state index is 0.0206. The smallest absolute Gasteiger partial charge is 0.363 e. The molecule has 3 rings (SSSR count). The molecule has 1 saturated heterocycles. The largest absolute Gasteiger partial charge is 0.437 e. The third-order valence-electron chi connectivity index (χ3n) is 5.17. The molecule has 0 aliphatic carbocycles. The average molecular weight is 392 g/mol. The number of urea groups is 1. The summed E-state index contributed by atoms with van der Waals surface area (Å²) in [6, 6.07) is 13.0. The van der Waals surface area contributed by atoms with Gasteiger partial charge in [-0.3, -0.25) is 9.69 Å². The van der Waals surface area contributed by atoms with Crippen LogP contribution in [0.3, 0.4) is 0 Å². The minimum atomic E-state index is -5.25. The zero-order chi connectivity index (χ0) is 20.7. The number of Topliss-reactive ketones (excluding diaryl/α,β-unsaturated/α-hetero) is 1. The van der Waals surface area contributed by atoms with Crippen LogP contribution in [0.2, 0.25) is 0 Å². The third-order valence-corrected chi connectivity index (χ3v) is 5.17. The summed E-state index contributed by atoms with van der Waals surface area (Å²) in [5.41, 5.74) is -3.32. The summed E-state index contributed by atoms with van der Waals surface area (Å²) in [7, 11) is 2.16. The summed E-state index contributed by atoms with van der Waals surface area (Å²) in [5, 5.41) is 10.8. The van der Waals surface area contributed by atoms with Crippen LogP contribution in [0.4, 0.5) is 18.0 Å². The Bertz CT molecular complexity index is 873. The van der Waals surface area contributed by atoms with Crippen molar-refractivity contribution in [2.45, 2.75) is 17.9 Å². The molecule has 0 unspecified atom stereocenters. The monoisotopic (exact) mass is 392 g/mol. The molecule has 1 aliphatic rings. The molecule has 148 valence electrons. The van der Waals surface area contributed by atoms with Gasteiger partial charge in [-0.25, -0.2) is 4.79 Å². The molecular formula is C20H19F3N2O3. The molecular weight excluding hydrogens is 373 g/mol. The van der Waals surface area contributed by atoms with Gasteiger partial charge < -0.3 is 10.0 Å². The summed E-state index contributed by atoms with van der Waals surface area (Å²) in [4.78, 5) is 27.0. The van der Waals surface area contributed by atoms with Gasteiger partial charge in [0.2, 0.25) is 0 Å². The second-order valence-corrected chi connectivity index (χ2v) is 6.74. The molecule has 28 heavy (non-hydrogen) atoms. The van der Waals surface area contributed by atoms with E-state index in [0.29, 0.717) is 5.56 Å². The Labute approximate surface area is 160 Å². The van der Waals surface area contributed by atoms with E-state index in [9.17, 15) is 27.9 Å². The van der Waals surface area contributed by atoms with Crippen LogP contribution in [0.15, 0.2) is 60.7 Å². The molecule has 1 aliphatic heterocycles. The molecule has 1 N–H and O–H groups in total. The molecule has 2 aromatic carbocycles. The van der Waals surface area contributed by atoms with Crippen LogP contribution in [0.25, 0.3) is 0 Å². The molecule has 3 atom stereocenters. The molecule has 1 heterocycles. The number of benzene rings is 2. The first-order valence-corrected chi connectivity index (χ1v) is 8.54. The van der Waals surface area contributed by atoms with Crippen LogP contribution in [-0.2, 0) is 0 Å². The van der Waals surface area contributed by atoms with E-state index in [1.807, 2.05) is 0 Å². The highest BCUT2D eigenvalue weighted by molar-refractivity contribution is 6.00. The quantitative estimate of drug-likeness (QED) is 0.814. The minimum Gasteiger partial charge on any atom is -0.363 e. The van der Waals surface area contributed by atoms with E-state index >= 15 is 0 Å². The molecule has 0 bridgehead atoms. The van der Waals surface area contributed by atoms with Crippen LogP contribution in [0.1, 0.15) is 22.0 Å². The number of halogens is 3. The summed E-state index contributed by atoms with van der Waals surface area (Å²) in [6.07, 6.45) is -5.25. The van der Waals surface area contributed by atoms with E-state index in [0.717, 1.165) is 11.9 Å². The Morgan fingerprint density at radius 1 is 1.00 bits per heavy atom. The van der Waals surface area contributed by atoms with E-state index in [-0.39, 0.29) is 10.5 Å². The molecule has 2 amide bonds. The molecule has 5 nitrogen and oxygen atoms in total. The van der Waals surface area contributed by atoms with E-state index in [4.69, 9.17) is 0 Å². The first kappa shape index (κ1) is 19.9. The van der Waals surface area contributed by atoms with Crippen LogP contribution in [-0.4, -0.2) is 52.7 Å². The number of ketones is 1. The second-order valence-electron chi connectivity index (χ2n) is 6.74. The van der Waals surface area contributed by atoms with E-state index < -0.39 is 35.7 Å². The van der Waals surface area contributed by atoms with Crippen LogP contribution in [0, 0.1) is 5.92 Å². The number of hydrogen-bond acceptors (Lipinski definition) is 3. The van der Waals surface area contributed by atoms with Crippen molar-refractivity contribution in [2.75, 3.05) is 14.1 Å². The van der Waals surface area contributed by atoms with Gasteiger partial charge >= 0.3 is 12.2 Å². The van der Waals surface area contributed by atoms with Crippen molar-refractivity contribution in [1.29, 1.82) is 0 Å². The van der Waals surface area contributed by atoms with Crippen molar-refractivity contribution >= 4 is 11.8 Å². The average Bonchev–Trinajstić information content (AvgIpc) is 2.69. The molecule has 0 spiro atoms. The number of nitrogens with zero attached hydrogens (tertiary/aromatic N) is 2. The Morgan fingerprint density at radius 3 is 2.00 bits per heavy atom. The van der Waals surface area contributed by atoms with Crippen molar-refractivity contribution in [2.24, 2.45) is 5.92 Å². The maximum atomic E-state index is 14.1. The Balaban J connectivity index is 2.26. The SMILES string of the molecule is CN1C(=O)N(C)[C@@](O)(C(F)(F)F)[C@@H](C(=O)c2ccccc2)[C@@H]1c1ccccc1. The number of carbonyl (C=O) groups excluding carboxylic acids is 2. The fraction of sp³-hybridized carbons (Fsp3) is 0.300. The van der Waals surface area contributed by atoms with Gasteiger partial charge in [-0.2, -0.15) is 13.2 Å². The van der Waals surface area contributed by atoms with E-state index in [2.05, 4.69) is 0 Å². The van der Waals surface area contributed by atoms with Gasteiger partial charge in [0, 0.05) is 19.7 Å². The Hall–Kier alpha value is -2.87. The van der Waals surface area contributed by atoms with Crippen LogP contribution < -0.4 is 0 Å². The van der Waals surface area contributed by atoms with Crippen molar-refractivity contribution in [3.05, 3.63) is 71.8 Å². The van der Waals surface area contributed by atoms with Gasteiger partial charge in [0.15, 0.2) is 5.78 Å². The number of carbonyl (C=O) groups is 2. The first-order valence-electron chi connectivity index (χ1n) is 8.54. The van der Waals surface area contributed by atoms with Gasteiger partial charge in [0.25, 0.3) is 5.72 Å².